The van der Waals surface area contributed by atoms with Crippen molar-refractivity contribution in [3.63, 3.8) is 0 Å². The molecule has 1 rings (SSSR count). The van der Waals surface area contributed by atoms with Gasteiger partial charge in [0.15, 0.2) is 0 Å². The summed E-state index contributed by atoms with van der Waals surface area (Å²) in [6, 6.07) is 8.26. The van der Waals surface area contributed by atoms with Gasteiger partial charge in [0.05, 0.1) is 25.2 Å². The highest BCUT2D eigenvalue weighted by atomic mass is 16.3. The van der Waals surface area contributed by atoms with E-state index in [9.17, 15) is 14.7 Å². The first-order valence-electron chi connectivity index (χ1n) is 7.99. The van der Waals surface area contributed by atoms with Crippen LogP contribution in [0.15, 0.2) is 43.0 Å². The molecule has 0 aliphatic rings. The molecular formula is C18H26N2O4. The molecule has 0 radical (unpaired) electrons. The second kappa shape index (κ2) is 10.6. The van der Waals surface area contributed by atoms with Gasteiger partial charge in [-0.3, -0.25) is 9.59 Å². The van der Waals surface area contributed by atoms with Crippen molar-refractivity contribution in [2.24, 2.45) is 5.92 Å². The van der Waals surface area contributed by atoms with Gasteiger partial charge in [-0.25, -0.2) is 0 Å². The van der Waals surface area contributed by atoms with Gasteiger partial charge in [0.2, 0.25) is 11.8 Å². The summed E-state index contributed by atoms with van der Waals surface area (Å²) >= 11 is 0. The van der Waals surface area contributed by atoms with Gasteiger partial charge in [0.1, 0.15) is 0 Å². The largest absolute Gasteiger partial charge is 0.394 e. The summed E-state index contributed by atoms with van der Waals surface area (Å²) in [5.41, 5.74) is 0.795. The van der Waals surface area contributed by atoms with Crippen LogP contribution in [-0.2, 0) is 9.59 Å². The lowest BCUT2D eigenvalue weighted by atomic mass is 9.98. The fourth-order valence-corrected chi connectivity index (χ4v) is 2.30. The van der Waals surface area contributed by atoms with Gasteiger partial charge in [-0.05, 0) is 18.9 Å². The van der Waals surface area contributed by atoms with E-state index in [2.05, 4.69) is 17.2 Å². The van der Waals surface area contributed by atoms with Gasteiger partial charge in [0.25, 0.3) is 0 Å². The Morgan fingerprint density at radius 1 is 1.17 bits per heavy atom. The average molecular weight is 334 g/mol. The number of aliphatic hydroxyl groups excluding tert-OH is 2. The van der Waals surface area contributed by atoms with Crippen molar-refractivity contribution in [3.05, 3.63) is 48.6 Å². The van der Waals surface area contributed by atoms with E-state index in [1.54, 1.807) is 13.0 Å². The van der Waals surface area contributed by atoms with Crippen molar-refractivity contribution < 1.29 is 19.8 Å². The van der Waals surface area contributed by atoms with Gasteiger partial charge >= 0.3 is 0 Å². The molecule has 3 atom stereocenters. The molecule has 24 heavy (non-hydrogen) atoms. The van der Waals surface area contributed by atoms with Crippen molar-refractivity contribution in [3.8, 4) is 0 Å². The second-order valence-corrected chi connectivity index (χ2v) is 5.73. The number of nitrogens with one attached hydrogen (secondary N) is 2. The lowest BCUT2D eigenvalue weighted by Crippen LogP contribution is -2.40. The van der Waals surface area contributed by atoms with Crippen LogP contribution < -0.4 is 10.6 Å². The number of rotatable bonds is 10. The molecule has 6 nitrogen and oxygen atoms in total. The summed E-state index contributed by atoms with van der Waals surface area (Å²) in [6.45, 7) is 4.91. The summed E-state index contributed by atoms with van der Waals surface area (Å²) in [6.07, 6.45) is 1.93. The molecule has 0 heterocycles. The van der Waals surface area contributed by atoms with E-state index in [1.165, 1.54) is 0 Å². The molecule has 0 spiro atoms. The number of amides is 2. The molecule has 0 saturated heterocycles. The number of aliphatic hydroxyl groups is 2. The number of hydrogen-bond donors (Lipinski definition) is 4. The first kappa shape index (κ1) is 19.9. The smallest absolute Gasteiger partial charge is 0.224 e. The van der Waals surface area contributed by atoms with Crippen molar-refractivity contribution in [1.29, 1.82) is 0 Å². The van der Waals surface area contributed by atoms with Crippen LogP contribution in [0.2, 0.25) is 0 Å². The number of carbonyl (C=O) groups is 2. The molecule has 4 N–H and O–H groups in total. The summed E-state index contributed by atoms with van der Waals surface area (Å²) in [5, 5.41) is 23.9. The van der Waals surface area contributed by atoms with Crippen LogP contribution in [0.25, 0.3) is 0 Å². The van der Waals surface area contributed by atoms with E-state index in [-0.39, 0.29) is 37.5 Å². The number of benzene rings is 1. The molecule has 1 aromatic carbocycles. The van der Waals surface area contributed by atoms with Gasteiger partial charge in [-0.2, -0.15) is 0 Å². The quantitative estimate of drug-likeness (QED) is 0.478. The third-order valence-electron chi connectivity index (χ3n) is 3.64. The predicted molar refractivity (Wildman–Crippen MR) is 92.0 cm³/mol. The van der Waals surface area contributed by atoms with E-state index in [4.69, 9.17) is 5.11 Å². The average Bonchev–Trinajstić information content (AvgIpc) is 2.59. The Bertz CT molecular complexity index is 533. The Balaban J connectivity index is 2.71. The van der Waals surface area contributed by atoms with Crippen LogP contribution in [0.4, 0.5) is 0 Å². The topological polar surface area (TPSA) is 98.7 Å². The Morgan fingerprint density at radius 2 is 1.83 bits per heavy atom. The molecule has 0 aliphatic heterocycles. The van der Waals surface area contributed by atoms with Crippen LogP contribution in [0, 0.1) is 5.92 Å². The standard InChI is InChI=1S/C18H26N2O4/c1-3-7-15(10-17(23)19-13(2)11-21)18(24)20-16(12-22)14-8-5-4-6-9-14/h3-6,8-9,13,15-16,21-22H,1,7,10-12H2,2H3,(H,19,23)(H,20,24)/t13-,15-,16+/m0/s1. The number of carbonyl (C=O) groups excluding carboxylic acids is 2. The minimum Gasteiger partial charge on any atom is -0.394 e. The SMILES string of the molecule is C=CC[C@@H](CC(=O)N[C@@H](C)CO)C(=O)N[C@H](CO)c1ccccc1. The minimum absolute atomic E-state index is 0.00483. The van der Waals surface area contributed by atoms with Crippen LogP contribution in [-0.4, -0.2) is 41.3 Å². The van der Waals surface area contributed by atoms with Gasteiger partial charge < -0.3 is 20.8 Å². The van der Waals surface area contributed by atoms with Crippen LogP contribution in [0.5, 0.6) is 0 Å². The monoisotopic (exact) mass is 334 g/mol. The Labute approximate surface area is 142 Å². The molecule has 1 aromatic rings. The van der Waals surface area contributed by atoms with Gasteiger partial charge in [-0.15, -0.1) is 6.58 Å². The van der Waals surface area contributed by atoms with Crippen molar-refractivity contribution in [1.82, 2.24) is 10.6 Å². The summed E-state index contributed by atoms with van der Waals surface area (Å²) < 4.78 is 0. The molecule has 2 amide bonds. The van der Waals surface area contributed by atoms with E-state index < -0.39 is 12.0 Å². The second-order valence-electron chi connectivity index (χ2n) is 5.73. The normalized spacial score (nSPS) is 14.3. The Morgan fingerprint density at radius 3 is 2.38 bits per heavy atom. The predicted octanol–water partition coefficient (Wildman–Crippen LogP) is 0.916. The molecule has 0 fully saturated rings. The third kappa shape index (κ3) is 6.52. The fourth-order valence-electron chi connectivity index (χ4n) is 2.30. The van der Waals surface area contributed by atoms with Gasteiger partial charge in [-0.1, -0.05) is 36.4 Å². The Hall–Kier alpha value is -2.18. The minimum atomic E-state index is -0.578. The van der Waals surface area contributed by atoms with E-state index in [0.717, 1.165) is 5.56 Å². The first-order valence-corrected chi connectivity index (χ1v) is 7.99. The highest BCUT2D eigenvalue weighted by Gasteiger charge is 2.24. The molecule has 0 aliphatic carbocycles. The van der Waals surface area contributed by atoms with E-state index >= 15 is 0 Å². The lowest BCUT2D eigenvalue weighted by Gasteiger charge is -2.21. The summed E-state index contributed by atoms with van der Waals surface area (Å²) in [5.74, 6) is -1.20. The maximum absolute atomic E-state index is 12.5. The lowest BCUT2D eigenvalue weighted by molar-refractivity contribution is -0.131. The fraction of sp³-hybridized carbons (Fsp3) is 0.444. The zero-order valence-electron chi connectivity index (χ0n) is 13.9. The third-order valence-corrected chi connectivity index (χ3v) is 3.64. The van der Waals surface area contributed by atoms with Crippen molar-refractivity contribution >= 4 is 11.8 Å². The summed E-state index contributed by atoms with van der Waals surface area (Å²) in [7, 11) is 0. The number of hydrogen-bond acceptors (Lipinski definition) is 4. The van der Waals surface area contributed by atoms with E-state index in [0.29, 0.717) is 6.42 Å². The Kier molecular flexibility index (Phi) is 8.75. The molecule has 0 aromatic heterocycles. The van der Waals surface area contributed by atoms with Crippen LogP contribution in [0.1, 0.15) is 31.4 Å². The molecule has 6 heteroatoms. The van der Waals surface area contributed by atoms with Crippen molar-refractivity contribution in [2.75, 3.05) is 13.2 Å². The van der Waals surface area contributed by atoms with Crippen LogP contribution in [0.3, 0.4) is 0 Å². The first-order chi connectivity index (χ1) is 11.5. The molecule has 132 valence electrons. The zero-order valence-corrected chi connectivity index (χ0v) is 13.9. The maximum Gasteiger partial charge on any atom is 0.224 e. The highest BCUT2D eigenvalue weighted by Crippen LogP contribution is 2.16. The zero-order chi connectivity index (χ0) is 17.9. The molecule has 0 saturated carbocycles. The van der Waals surface area contributed by atoms with Crippen molar-refractivity contribution in [2.45, 2.75) is 31.8 Å². The highest BCUT2D eigenvalue weighted by molar-refractivity contribution is 5.86. The molecule has 0 unspecified atom stereocenters. The van der Waals surface area contributed by atoms with Gasteiger partial charge in [0, 0.05) is 12.5 Å². The molecular weight excluding hydrogens is 308 g/mol. The van der Waals surface area contributed by atoms with E-state index in [1.807, 2.05) is 30.3 Å². The van der Waals surface area contributed by atoms with Crippen LogP contribution >= 0.6 is 0 Å². The summed E-state index contributed by atoms with van der Waals surface area (Å²) in [4.78, 5) is 24.4. The molecule has 0 bridgehead atoms. The maximum atomic E-state index is 12.5. The number of allylic oxidation sites excluding steroid dienone is 1.